The number of amides is 1. The first-order chi connectivity index (χ1) is 9.69. The van der Waals surface area contributed by atoms with Crippen LogP contribution in [-0.4, -0.2) is 33.3 Å². The molecule has 0 saturated carbocycles. The van der Waals surface area contributed by atoms with Crippen molar-refractivity contribution in [3.05, 3.63) is 36.8 Å². The number of rotatable bonds is 6. The zero-order valence-corrected chi connectivity index (χ0v) is 11.7. The minimum atomic E-state index is -0.0704. The van der Waals surface area contributed by atoms with E-state index in [1.165, 1.54) is 0 Å². The van der Waals surface area contributed by atoms with Crippen molar-refractivity contribution in [2.45, 2.75) is 26.3 Å². The van der Waals surface area contributed by atoms with Crippen LogP contribution in [0.1, 0.15) is 20.3 Å². The molecular weight excluding hydrogens is 254 g/mol. The molecule has 1 unspecified atom stereocenters. The summed E-state index contributed by atoms with van der Waals surface area (Å²) >= 11 is 0. The summed E-state index contributed by atoms with van der Waals surface area (Å²) in [5.41, 5.74) is 0.678. The van der Waals surface area contributed by atoms with Crippen molar-refractivity contribution < 1.29 is 4.79 Å². The van der Waals surface area contributed by atoms with E-state index in [0.717, 1.165) is 6.42 Å². The van der Waals surface area contributed by atoms with E-state index in [-0.39, 0.29) is 5.91 Å². The number of hydrogen-bond donors (Lipinski definition) is 2. The standard InChI is InChI=1S/C14H19N5O/c1-3-11(2)15-10-14(20)18-12-5-6-13(16-9-12)19-8-4-7-17-19/h4-9,11,15H,3,10H2,1-2H3,(H,18,20). The molecule has 106 valence electrons. The van der Waals surface area contributed by atoms with E-state index in [4.69, 9.17) is 0 Å². The van der Waals surface area contributed by atoms with Crippen LogP contribution < -0.4 is 10.6 Å². The molecule has 6 nitrogen and oxygen atoms in total. The number of anilines is 1. The molecule has 0 aromatic carbocycles. The van der Waals surface area contributed by atoms with Crippen LogP contribution in [0.15, 0.2) is 36.8 Å². The Kier molecular flexibility index (Phi) is 4.84. The molecule has 0 radical (unpaired) electrons. The SMILES string of the molecule is CCC(C)NCC(=O)Nc1ccc(-n2cccn2)nc1. The van der Waals surface area contributed by atoms with Crippen LogP contribution in [0.3, 0.4) is 0 Å². The second kappa shape index (κ2) is 6.81. The molecule has 1 amide bonds. The summed E-state index contributed by atoms with van der Waals surface area (Å²) in [5, 5.41) is 10.0. The van der Waals surface area contributed by atoms with Gasteiger partial charge in [0.15, 0.2) is 5.82 Å². The normalized spacial score (nSPS) is 12.1. The number of nitrogens with zero attached hydrogens (tertiary/aromatic N) is 3. The monoisotopic (exact) mass is 273 g/mol. The lowest BCUT2D eigenvalue weighted by Gasteiger charge is -2.11. The summed E-state index contributed by atoms with van der Waals surface area (Å²) in [6.07, 6.45) is 6.13. The molecule has 0 fully saturated rings. The Morgan fingerprint density at radius 2 is 2.30 bits per heavy atom. The molecule has 0 aliphatic carbocycles. The maximum Gasteiger partial charge on any atom is 0.238 e. The van der Waals surface area contributed by atoms with E-state index in [9.17, 15) is 4.79 Å². The van der Waals surface area contributed by atoms with Crippen molar-refractivity contribution in [3.8, 4) is 5.82 Å². The fourth-order valence-corrected chi connectivity index (χ4v) is 1.62. The first-order valence-electron chi connectivity index (χ1n) is 6.68. The third-order valence-corrected chi connectivity index (χ3v) is 2.99. The van der Waals surface area contributed by atoms with E-state index in [2.05, 4.69) is 27.6 Å². The van der Waals surface area contributed by atoms with E-state index >= 15 is 0 Å². The van der Waals surface area contributed by atoms with Gasteiger partial charge in [0.2, 0.25) is 5.91 Å². The van der Waals surface area contributed by atoms with Crippen molar-refractivity contribution >= 4 is 11.6 Å². The molecule has 0 aliphatic heterocycles. The third-order valence-electron chi connectivity index (χ3n) is 2.99. The fourth-order valence-electron chi connectivity index (χ4n) is 1.62. The Labute approximate surface area is 118 Å². The van der Waals surface area contributed by atoms with Crippen molar-refractivity contribution in [3.63, 3.8) is 0 Å². The molecule has 0 spiro atoms. The Balaban J connectivity index is 1.89. The van der Waals surface area contributed by atoms with Gasteiger partial charge in [0.1, 0.15) is 0 Å². The largest absolute Gasteiger partial charge is 0.324 e. The summed E-state index contributed by atoms with van der Waals surface area (Å²) in [6, 6.07) is 5.79. The van der Waals surface area contributed by atoms with Crippen LogP contribution in [0, 0.1) is 0 Å². The molecule has 0 bridgehead atoms. The summed E-state index contributed by atoms with van der Waals surface area (Å²) in [7, 11) is 0. The average molecular weight is 273 g/mol. The zero-order valence-electron chi connectivity index (χ0n) is 11.7. The summed E-state index contributed by atoms with van der Waals surface area (Å²) in [4.78, 5) is 16.0. The molecule has 6 heteroatoms. The van der Waals surface area contributed by atoms with E-state index in [0.29, 0.717) is 24.1 Å². The van der Waals surface area contributed by atoms with Gasteiger partial charge in [0, 0.05) is 18.4 Å². The first-order valence-corrected chi connectivity index (χ1v) is 6.68. The molecule has 2 aromatic rings. The highest BCUT2D eigenvalue weighted by atomic mass is 16.1. The molecular formula is C14H19N5O. The average Bonchev–Trinajstić information content (AvgIpc) is 2.99. The van der Waals surface area contributed by atoms with E-state index < -0.39 is 0 Å². The summed E-state index contributed by atoms with van der Waals surface area (Å²) in [5.74, 6) is 0.643. The van der Waals surface area contributed by atoms with Gasteiger partial charge in [-0.3, -0.25) is 4.79 Å². The van der Waals surface area contributed by atoms with Gasteiger partial charge in [0.25, 0.3) is 0 Å². The number of carbonyl (C=O) groups excluding carboxylic acids is 1. The molecule has 2 rings (SSSR count). The van der Waals surface area contributed by atoms with Crippen molar-refractivity contribution in [2.24, 2.45) is 0 Å². The summed E-state index contributed by atoms with van der Waals surface area (Å²) < 4.78 is 1.66. The quantitative estimate of drug-likeness (QED) is 0.838. The highest BCUT2D eigenvalue weighted by Gasteiger charge is 2.05. The van der Waals surface area contributed by atoms with Crippen LogP contribution >= 0.6 is 0 Å². The molecule has 0 aliphatic rings. The number of carbonyl (C=O) groups is 1. The highest BCUT2D eigenvalue weighted by molar-refractivity contribution is 5.92. The van der Waals surface area contributed by atoms with Crippen molar-refractivity contribution in [2.75, 3.05) is 11.9 Å². The Bertz CT molecular complexity index is 535. The Morgan fingerprint density at radius 3 is 2.90 bits per heavy atom. The van der Waals surface area contributed by atoms with Gasteiger partial charge < -0.3 is 10.6 Å². The van der Waals surface area contributed by atoms with Crippen LogP contribution in [0.25, 0.3) is 5.82 Å². The van der Waals surface area contributed by atoms with E-state index in [1.807, 2.05) is 31.3 Å². The predicted octanol–water partition coefficient (Wildman–Crippen LogP) is 1.59. The molecule has 2 heterocycles. The number of nitrogens with one attached hydrogen (secondary N) is 2. The van der Waals surface area contributed by atoms with Gasteiger partial charge in [-0.05, 0) is 31.5 Å². The number of hydrogen-bond acceptors (Lipinski definition) is 4. The second-order valence-electron chi connectivity index (χ2n) is 4.59. The lowest BCUT2D eigenvalue weighted by atomic mass is 10.2. The minimum Gasteiger partial charge on any atom is -0.324 e. The van der Waals surface area contributed by atoms with Gasteiger partial charge in [-0.25, -0.2) is 9.67 Å². The highest BCUT2D eigenvalue weighted by Crippen LogP contribution is 2.08. The molecule has 1 atom stereocenters. The number of pyridine rings is 1. The molecule has 2 aromatic heterocycles. The van der Waals surface area contributed by atoms with Crippen molar-refractivity contribution in [1.82, 2.24) is 20.1 Å². The fraction of sp³-hybridized carbons (Fsp3) is 0.357. The minimum absolute atomic E-state index is 0.0704. The van der Waals surface area contributed by atoms with Gasteiger partial charge in [-0.1, -0.05) is 6.92 Å². The molecule has 20 heavy (non-hydrogen) atoms. The van der Waals surface area contributed by atoms with Crippen LogP contribution in [0.2, 0.25) is 0 Å². The lowest BCUT2D eigenvalue weighted by molar-refractivity contribution is -0.115. The smallest absolute Gasteiger partial charge is 0.238 e. The maximum atomic E-state index is 11.7. The molecule has 0 saturated heterocycles. The van der Waals surface area contributed by atoms with Gasteiger partial charge in [-0.15, -0.1) is 0 Å². The maximum absolute atomic E-state index is 11.7. The Hall–Kier alpha value is -2.21. The van der Waals surface area contributed by atoms with Crippen LogP contribution in [0.4, 0.5) is 5.69 Å². The third kappa shape index (κ3) is 3.89. The zero-order chi connectivity index (χ0) is 14.4. The second-order valence-corrected chi connectivity index (χ2v) is 4.59. The van der Waals surface area contributed by atoms with Crippen molar-refractivity contribution in [1.29, 1.82) is 0 Å². The van der Waals surface area contributed by atoms with Gasteiger partial charge in [0.05, 0.1) is 18.4 Å². The lowest BCUT2D eigenvalue weighted by Crippen LogP contribution is -2.33. The molecule has 2 N–H and O–H groups in total. The van der Waals surface area contributed by atoms with Crippen LogP contribution in [0.5, 0.6) is 0 Å². The number of aromatic nitrogens is 3. The predicted molar refractivity (Wildman–Crippen MR) is 77.7 cm³/mol. The first kappa shape index (κ1) is 14.2. The van der Waals surface area contributed by atoms with E-state index in [1.54, 1.807) is 17.1 Å². The topological polar surface area (TPSA) is 71.8 Å². The van der Waals surface area contributed by atoms with Gasteiger partial charge in [-0.2, -0.15) is 5.10 Å². The van der Waals surface area contributed by atoms with Crippen LogP contribution in [-0.2, 0) is 4.79 Å². The van der Waals surface area contributed by atoms with Gasteiger partial charge >= 0.3 is 0 Å². The Morgan fingerprint density at radius 1 is 1.45 bits per heavy atom. The summed E-state index contributed by atoms with van der Waals surface area (Å²) in [6.45, 7) is 4.43.